The van der Waals surface area contributed by atoms with E-state index in [9.17, 15) is 9.59 Å². The summed E-state index contributed by atoms with van der Waals surface area (Å²) in [6.07, 6.45) is 3.49. The number of nitrogens with zero attached hydrogens (tertiary/aromatic N) is 3. The Morgan fingerprint density at radius 2 is 1.37 bits per heavy atom. The first-order valence-corrected chi connectivity index (χ1v) is 12.6. The number of fused-ring (bicyclic) bond motifs is 1. The normalized spacial score (nSPS) is 23.1. The standard InChI is InChI=1S/C30H33N3O2/c1-23-14-15-26-27(22-23)30(35)33(29(26)34)17-9-8-16-31-18-20-32(21-19-31)28(24-10-4-2-5-11-24)25-12-6-3-7-13-25/h2-7,10-14,26-28H,15-22H2,1H3. The number of likely N-dealkylation sites (tertiary alicyclic amines) is 1. The van der Waals surface area contributed by atoms with Gasteiger partial charge in [0.25, 0.3) is 0 Å². The van der Waals surface area contributed by atoms with E-state index in [4.69, 9.17) is 0 Å². The van der Waals surface area contributed by atoms with Crippen LogP contribution in [0.5, 0.6) is 0 Å². The zero-order valence-corrected chi connectivity index (χ0v) is 20.4. The number of amides is 2. The second-order valence-electron chi connectivity index (χ2n) is 9.86. The monoisotopic (exact) mass is 467 g/mol. The zero-order chi connectivity index (χ0) is 24.2. The number of carbonyl (C=O) groups is 2. The number of rotatable bonds is 5. The van der Waals surface area contributed by atoms with Gasteiger partial charge in [0.1, 0.15) is 0 Å². The Morgan fingerprint density at radius 1 is 0.800 bits per heavy atom. The van der Waals surface area contributed by atoms with Crippen LogP contribution in [0.15, 0.2) is 72.3 Å². The average Bonchev–Trinajstić information content (AvgIpc) is 3.13. The van der Waals surface area contributed by atoms with E-state index in [0.29, 0.717) is 19.4 Å². The molecule has 2 amide bonds. The fourth-order valence-electron chi connectivity index (χ4n) is 5.63. The van der Waals surface area contributed by atoms with Crippen molar-refractivity contribution in [3.05, 3.63) is 83.4 Å². The lowest BCUT2D eigenvalue weighted by Gasteiger charge is -2.39. The Labute approximate surface area is 208 Å². The summed E-state index contributed by atoms with van der Waals surface area (Å²) < 4.78 is 0. The van der Waals surface area contributed by atoms with Gasteiger partial charge in [-0.05, 0) is 30.9 Å². The van der Waals surface area contributed by atoms with Gasteiger partial charge in [-0.15, -0.1) is 0 Å². The molecule has 2 unspecified atom stereocenters. The van der Waals surface area contributed by atoms with Crippen LogP contribution in [0.3, 0.4) is 0 Å². The molecule has 0 bridgehead atoms. The molecule has 0 N–H and O–H groups in total. The number of hydrogen-bond donors (Lipinski definition) is 0. The van der Waals surface area contributed by atoms with Gasteiger partial charge in [-0.3, -0.25) is 24.3 Å². The molecule has 1 aliphatic carbocycles. The number of imide groups is 1. The number of benzene rings is 2. The van der Waals surface area contributed by atoms with Crippen molar-refractivity contribution in [1.29, 1.82) is 0 Å². The lowest BCUT2D eigenvalue weighted by Crippen LogP contribution is -2.47. The largest absolute Gasteiger partial charge is 0.290 e. The van der Waals surface area contributed by atoms with Crippen molar-refractivity contribution in [3.8, 4) is 11.8 Å². The SMILES string of the molecule is CC1=CCC2C(=O)N(CC#CCN3CCN(C(c4ccccc4)c4ccccc4)CC3)C(=O)C2C1. The molecule has 3 aliphatic rings. The summed E-state index contributed by atoms with van der Waals surface area (Å²) >= 11 is 0. The molecule has 0 aromatic heterocycles. The molecule has 0 saturated carbocycles. The predicted octanol–water partition coefficient (Wildman–Crippen LogP) is 3.74. The van der Waals surface area contributed by atoms with Crippen LogP contribution in [0.4, 0.5) is 0 Å². The van der Waals surface area contributed by atoms with Crippen LogP contribution in [-0.4, -0.2) is 65.8 Å². The lowest BCUT2D eigenvalue weighted by molar-refractivity contribution is -0.139. The Kier molecular flexibility index (Phi) is 7.13. The van der Waals surface area contributed by atoms with E-state index in [1.165, 1.54) is 21.6 Å². The predicted molar refractivity (Wildman–Crippen MR) is 137 cm³/mol. The van der Waals surface area contributed by atoms with E-state index in [1.54, 1.807) is 0 Å². The third-order valence-electron chi connectivity index (χ3n) is 7.58. The maximum Gasteiger partial charge on any atom is 0.234 e. The second-order valence-corrected chi connectivity index (χ2v) is 9.86. The highest BCUT2D eigenvalue weighted by molar-refractivity contribution is 6.05. The minimum Gasteiger partial charge on any atom is -0.290 e. The topological polar surface area (TPSA) is 43.9 Å². The molecule has 2 aliphatic heterocycles. The molecule has 2 saturated heterocycles. The number of piperazine rings is 1. The van der Waals surface area contributed by atoms with Crippen LogP contribution in [0.1, 0.15) is 36.9 Å². The molecule has 5 rings (SSSR count). The summed E-state index contributed by atoms with van der Waals surface area (Å²) in [7, 11) is 0. The van der Waals surface area contributed by atoms with Crippen LogP contribution in [0.25, 0.3) is 0 Å². The summed E-state index contributed by atoms with van der Waals surface area (Å²) in [5.41, 5.74) is 3.84. The quantitative estimate of drug-likeness (QED) is 0.382. The van der Waals surface area contributed by atoms with Gasteiger partial charge in [0, 0.05) is 26.2 Å². The Bertz CT molecular complexity index is 1100. The summed E-state index contributed by atoms with van der Waals surface area (Å²) in [4.78, 5) is 31.7. The summed E-state index contributed by atoms with van der Waals surface area (Å²) in [5, 5.41) is 0. The molecule has 2 atom stereocenters. The zero-order valence-electron chi connectivity index (χ0n) is 20.4. The first-order chi connectivity index (χ1) is 17.1. The smallest absolute Gasteiger partial charge is 0.234 e. The molecular weight excluding hydrogens is 434 g/mol. The third-order valence-corrected chi connectivity index (χ3v) is 7.58. The molecule has 0 radical (unpaired) electrons. The average molecular weight is 468 g/mol. The minimum atomic E-state index is -0.178. The van der Waals surface area contributed by atoms with Crippen molar-refractivity contribution in [3.63, 3.8) is 0 Å². The Balaban J connectivity index is 1.16. The van der Waals surface area contributed by atoms with E-state index in [1.807, 2.05) is 6.92 Å². The molecule has 2 heterocycles. The van der Waals surface area contributed by atoms with Gasteiger partial charge in [0.15, 0.2) is 0 Å². The first kappa shape index (κ1) is 23.5. The van der Waals surface area contributed by atoms with E-state index in [2.05, 4.69) is 88.4 Å². The van der Waals surface area contributed by atoms with Crippen molar-refractivity contribution in [2.24, 2.45) is 11.8 Å². The molecule has 180 valence electrons. The fraction of sp³-hybridized carbons (Fsp3) is 0.400. The summed E-state index contributed by atoms with van der Waals surface area (Å²) in [5.74, 6) is 5.89. The van der Waals surface area contributed by atoms with Crippen LogP contribution < -0.4 is 0 Å². The van der Waals surface area contributed by atoms with E-state index in [0.717, 1.165) is 26.2 Å². The first-order valence-electron chi connectivity index (χ1n) is 12.6. The number of allylic oxidation sites excluding steroid dienone is 2. The lowest BCUT2D eigenvalue weighted by atomic mass is 9.82. The van der Waals surface area contributed by atoms with Crippen molar-refractivity contribution >= 4 is 11.8 Å². The van der Waals surface area contributed by atoms with Gasteiger partial charge < -0.3 is 0 Å². The number of hydrogen-bond acceptors (Lipinski definition) is 4. The molecule has 5 nitrogen and oxygen atoms in total. The Hall–Kier alpha value is -3.20. The van der Waals surface area contributed by atoms with E-state index >= 15 is 0 Å². The summed E-state index contributed by atoms with van der Waals surface area (Å²) in [6, 6.07) is 21.7. The molecule has 2 aromatic rings. The van der Waals surface area contributed by atoms with Crippen LogP contribution in [0, 0.1) is 23.7 Å². The maximum atomic E-state index is 12.7. The molecular formula is C30H33N3O2. The number of carbonyl (C=O) groups excluding carboxylic acids is 2. The van der Waals surface area contributed by atoms with Gasteiger partial charge in [-0.1, -0.05) is 84.2 Å². The van der Waals surface area contributed by atoms with Crippen molar-refractivity contribution in [1.82, 2.24) is 14.7 Å². The van der Waals surface area contributed by atoms with Crippen molar-refractivity contribution < 1.29 is 9.59 Å². The summed E-state index contributed by atoms with van der Waals surface area (Å²) in [6.45, 7) is 6.75. The minimum absolute atomic E-state index is 0.0387. The van der Waals surface area contributed by atoms with E-state index in [-0.39, 0.29) is 36.2 Å². The van der Waals surface area contributed by atoms with E-state index < -0.39 is 0 Å². The van der Waals surface area contributed by atoms with Gasteiger partial charge in [0.2, 0.25) is 11.8 Å². The molecule has 5 heteroatoms. The third kappa shape index (κ3) is 5.10. The highest BCUT2D eigenvalue weighted by Gasteiger charge is 2.47. The molecule has 0 spiro atoms. The van der Waals surface area contributed by atoms with Crippen molar-refractivity contribution in [2.75, 3.05) is 39.3 Å². The van der Waals surface area contributed by atoms with Crippen molar-refractivity contribution in [2.45, 2.75) is 25.8 Å². The highest BCUT2D eigenvalue weighted by atomic mass is 16.2. The van der Waals surface area contributed by atoms with Crippen LogP contribution >= 0.6 is 0 Å². The van der Waals surface area contributed by atoms with Crippen LogP contribution in [0.2, 0.25) is 0 Å². The fourth-order valence-corrected chi connectivity index (χ4v) is 5.63. The second kappa shape index (κ2) is 10.6. The molecule has 2 fully saturated rings. The van der Waals surface area contributed by atoms with Gasteiger partial charge in [-0.25, -0.2) is 0 Å². The van der Waals surface area contributed by atoms with Gasteiger partial charge in [-0.2, -0.15) is 0 Å². The van der Waals surface area contributed by atoms with Gasteiger partial charge >= 0.3 is 0 Å². The Morgan fingerprint density at radius 3 is 2.00 bits per heavy atom. The molecule has 35 heavy (non-hydrogen) atoms. The molecule has 2 aromatic carbocycles. The maximum absolute atomic E-state index is 12.7. The van der Waals surface area contributed by atoms with Crippen LogP contribution in [-0.2, 0) is 9.59 Å². The van der Waals surface area contributed by atoms with Gasteiger partial charge in [0.05, 0.1) is 31.0 Å². The highest BCUT2D eigenvalue weighted by Crippen LogP contribution is 2.37.